The minimum Gasteiger partial charge on any atom is -0.382 e. The lowest BCUT2D eigenvalue weighted by atomic mass is 10.2. The van der Waals surface area contributed by atoms with Crippen LogP contribution in [0.25, 0.3) is 6.08 Å². The summed E-state index contributed by atoms with van der Waals surface area (Å²) in [6.45, 7) is 2.78. The summed E-state index contributed by atoms with van der Waals surface area (Å²) in [4.78, 5) is 48.8. The van der Waals surface area contributed by atoms with Crippen LogP contribution in [0, 0.1) is 0 Å². The van der Waals surface area contributed by atoms with Crippen molar-refractivity contribution in [2.24, 2.45) is 5.73 Å². The van der Waals surface area contributed by atoms with Crippen molar-refractivity contribution in [3.8, 4) is 0 Å². The summed E-state index contributed by atoms with van der Waals surface area (Å²) in [6.07, 6.45) is 5.26. The molecule has 0 radical (unpaired) electrons. The van der Waals surface area contributed by atoms with Gasteiger partial charge in [-0.15, -0.1) is 0 Å². The van der Waals surface area contributed by atoms with Crippen molar-refractivity contribution < 1.29 is 28.3 Å². The van der Waals surface area contributed by atoms with E-state index in [2.05, 4.69) is 10.3 Å². The number of nitrogens with zero attached hydrogens (tertiary/aromatic N) is 1. The first kappa shape index (κ1) is 28.2. The fourth-order valence-electron chi connectivity index (χ4n) is 3.47. The van der Waals surface area contributed by atoms with E-state index in [9.17, 15) is 23.8 Å². The molecular weight excluding hydrogens is 467 g/mol. The number of nitrogens with one attached hydrogen (secondary N) is 2. The molecule has 4 atom stereocenters. The molecule has 1 aromatic heterocycles. The highest BCUT2D eigenvalue weighted by Gasteiger charge is 2.40. The molecule has 1 fully saturated rings. The van der Waals surface area contributed by atoms with Crippen LogP contribution in [0.5, 0.6) is 0 Å². The van der Waals surface area contributed by atoms with Gasteiger partial charge in [-0.25, -0.2) is 4.79 Å². The average molecular weight is 503 g/mol. The van der Waals surface area contributed by atoms with Crippen LogP contribution in [0.2, 0.25) is 0 Å². The summed E-state index contributed by atoms with van der Waals surface area (Å²) in [5.41, 5.74) is 4.16. The maximum atomic E-state index is 12.4. The molecule has 2 rings (SSSR count). The van der Waals surface area contributed by atoms with Crippen molar-refractivity contribution in [2.75, 3.05) is 33.0 Å². The summed E-state index contributed by atoms with van der Waals surface area (Å²) in [6, 6.07) is 0. The molecule has 34 heavy (non-hydrogen) atoms. The second kappa shape index (κ2) is 13.7. The summed E-state index contributed by atoms with van der Waals surface area (Å²) >= 11 is 0. The van der Waals surface area contributed by atoms with Crippen molar-refractivity contribution in [3.05, 3.63) is 38.7 Å². The highest BCUT2D eigenvalue weighted by atomic mass is 31.2. The third-order valence-electron chi connectivity index (χ3n) is 5.36. The van der Waals surface area contributed by atoms with Crippen LogP contribution in [0.4, 0.5) is 0 Å². The number of aromatic nitrogens is 2. The molecule has 1 amide bonds. The average Bonchev–Trinajstić information content (AvgIpc) is 3.17. The number of carbonyl (C=O) groups is 1. The molecule has 1 unspecified atom stereocenters. The van der Waals surface area contributed by atoms with Gasteiger partial charge in [-0.3, -0.25) is 23.7 Å². The number of unbranched alkanes of at least 4 members (excludes halogenated alkanes) is 3. The van der Waals surface area contributed by atoms with E-state index in [4.69, 9.17) is 19.7 Å². The first-order valence-corrected chi connectivity index (χ1v) is 13.1. The van der Waals surface area contributed by atoms with Gasteiger partial charge in [0, 0.05) is 38.5 Å². The Kier molecular flexibility index (Phi) is 11.4. The molecule has 1 aromatic rings. The van der Waals surface area contributed by atoms with Crippen LogP contribution in [0.15, 0.2) is 21.9 Å². The monoisotopic (exact) mass is 502 g/mol. The molecule has 5 N–H and O–H groups in total. The molecule has 192 valence electrons. The van der Waals surface area contributed by atoms with Gasteiger partial charge in [0.15, 0.2) is 0 Å². The first-order valence-electron chi connectivity index (χ1n) is 11.4. The number of ether oxygens (including phenoxy) is 2. The topological polar surface area (TPSA) is 175 Å². The van der Waals surface area contributed by atoms with E-state index in [0.717, 1.165) is 30.3 Å². The molecule has 0 aromatic carbocycles. The van der Waals surface area contributed by atoms with Crippen molar-refractivity contribution in [3.63, 3.8) is 0 Å². The van der Waals surface area contributed by atoms with Crippen LogP contribution < -0.4 is 22.3 Å². The van der Waals surface area contributed by atoms with Gasteiger partial charge >= 0.3 is 13.3 Å². The summed E-state index contributed by atoms with van der Waals surface area (Å²) in [7, 11) is -2.36. The molecular formula is C21H35N4O8P. The molecule has 0 aliphatic carbocycles. The van der Waals surface area contributed by atoms with Gasteiger partial charge < -0.3 is 29.9 Å². The summed E-state index contributed by atoms with van der Waals surface area (Å²) in [5, 5.41) is 2.74. The molecule has 0 saturated carbocycles. The van der Waals surface area contributed by atoms with Crippen molar-refractivity contribution >= 4 is 19.6 Å². The Morgan fingerprint density at radius 3 is 2.79 bits per heavy atom. The van der Waals surface area contributed by atoms with Crippen molar-refractivity contribution in [2.45, 2.75) is 57.5 Å². The van der Waals surface area contributed by atoms with Crippen LogP contribution >= 0.6 is 7.60 Å². The van der Waals surface area contributed by atoms with Crippen LogP contribution in [-0.4, -0.2) is 65.5 Å². The number of carbonyl (C=O) groups excluding carboxylic acids is 1. The maximum Gasteiger partial charge on any atom is 0.330 e. The van der Waals surface area contributed by atoms with Gasteiger partial charge in [-0.2, -0.15) is 0 Å². The fourth-order valence-corrected chi connectivity index (χ4v) is 4.27. The Hall–Kier alpha value is -2.08. The number of aromatic amines is 1. The fraction of sp³-hybridized carbons (Fsp3) is 0.667. The van der Waals surface area contributed by atoms with E-state index < -0.39 is 37.3 Å². The van der Waals surface area contributed by atoms with E-state index in [1.807, 2.05) is 0 Å². The third-order valence-corrected chi connectivity index (χ3v) is 6.76. The number of rotatable bonds is 14. The lowest BCUT2D eigenvalue weighted by Gasteiger charge is -2.20. The van der Waals surface area contributed by atoms with Crippen LogP contribution in [0.3, 0.4) is 0 Å². The smallest absolute Gasteiger partial charge is 0.330 e. The number of hydrogen-bond acceptors (Lipinski definition) is 8. The van der Waals surface area contributed by atoms with E-state index in [1.54, 1.807) is 0 Å². The zero-order chi connectivity index (χ0) is 25.1. The second-order valence-corrected chi connectivity index (χ2v) is 10.1. The standard InChI is InChI=1S/C21H35N4O8P/c1-3-34(29,30)33-16-12-19(32-17(16)14-31-2)25-13-15(20(27)24-21(25)28)8-9-18(26)23-11-7-5-4-6-10-22/h8-9,13,16-17,19H,3-7,10-12,14,22H2,1-2H3,(H,23,26)(H,29,30)(H,24,27,28)/b9-8+/t16-,17-,19-/m1/s1. The predicted octanol–water partition coefficient (Wildman–Crippen LogP) is 0.710. The van der Waals surface area contributed by atoms with Crippen molar-refractivity contribution in [1.82, 2.24) is 14.9 Å². The first-order chi connectivity index (χ1) is 16.2. The number of hydrogen-bond donors (Lipinski definition) is 4. The highest BCUT2D eigenvalue weighted by molar-refractivity contribution is 7.52. The zero-order valence-electron chi connectivity index (χ0n) is 19.6. The normalized spacial score (nSPS) is 22.2. The number of amides is 1. The van der Waals surface area contributed by atoms with Crippen LogP contribution in [0.1, 0.15) is 50.8 Å². The van der Waals surface area contributed by atoms with E-state index in [1.165, 1.54) is 32.4 Å². The van der Waals surface area contributed by atoms with Crippen LogP contribution in [-0.2, 0) is 23.4 Å². The molecule has 1 aliphatic rings. The Morgan fingerprint density at radius 1 is 1.38 bits per heavy atom. The largest absolute Gasteiger partial charge is 0.382 e. The second-order valence-electron chi connectivity index (χ2n) is 8.00. The van der Waals surface area contributed by atoms with Gasteiger partial charge in [-0.1, -0.05) is 19.8 Å². The van der Waals surface area contributed by atoms with E-state index in [-0.39, 0.29) is 30.7 Å². The summed E-state index contributed by atoms with van der Waals surface area (Å²) in [5.74, 6) is -0.361. The van der Waals surface area contributed by atoms with Gasteiger partial charge in [0.2, 0.25) is 5.91 Å². The molecule has 2 heterocycles. The lowest BCUT2D eigenvalue weighted by Crippen LogP contribution is -2.33. The minimum atomic E-state index is -3.81. The van der Waals surface area contributed by atoms with Crippen molar-refractivity contribution in [1.29, 1.82) is 0 Å². The summed E-state index contributed by atoms with van der Waals surface area (Å²) < 4.78 is 29.5. The Balaban J connectivity index is 2.09. The minimum absolute atomic E-state index is 0.0722. The Bertz CT molecular complexity index is 992. The Morgan fingerprint density at radius 2 is 2.12 bits per heavy atom. The molecule has 1 saturated heterocycles. The molecule has 13 heteroatoms. The quantitative estimate of drug-likeness (QED) is 0.162. The van der Waals surface area contributed by atoms with Gasteiger partial charge in [-0.05, 0) is 25.5 Å². The van der Waals surface area contributed by atoms with Gasteiger partial charge in [0.05, 0.1) is 18.3 Å². The van der Waals surface area contributed by atoms with E-state index >= 15 is 0 Å². The number of methoxy groups -OCH3 is 1. The number of nitrogens with two attached hydrogens (primary N) is 1. The number of H-pyrrole nitrogens is 1. The predicted molar refractivity (Wildman–Crippen MR) is 127 cm³/mol. The molecule has 12 nitrogen and oxygen atoms in total. The SMILES string of the molecule is CCP(=O)(O)O[C@@H]1C[C@H](n2cc(/C=C/C(=O)NCCCCCCN)c(=O)[nH]c2=O)O[C@@H]1COC. The maximum absolute atomic E-state index is 12.4. The Labute approximate surface area is 198 Å². The zero-order valence-corrected chi connectivity index (χ0v) is 20.5. The molecule has 0 bridgehead atoms. The van der Waals surface area contributed by atoms with E-state index in [0.29, 0.717) is 13.1 Å². The van der Waals surface area contributed by atoms with Gasteiger partial charge in [0.1, 0.15) is 12.3 Å². The van der Waals surface area contributed by atoms with Gasteiger partial charge in [0.25, 0.3) is 5.56 Å². The highest BCUT2D eigenvalue weighted by Crippen LogP contribution is 2.46. The molecule has 0 spiro atoms. The third kappa shape index (κ3) is 8.61. The lowest BCUT2D eigenvalue weighted by molar-refractivity contribution is -0.116. The molecule has 1 aliphatic heterocycles.